The highest BCUT2D eigenvalue weighted by molar-refractivity contribution is 9.10. The lowest BCUT2D eigenvalue weighted by Gasteiger charge is -2.31. The van der Waals surface area contributed by atoms with Gasteiger partial charge in [0, 0.05) is 16.9 Å². The van der Waals surface area contributed by atoms with Crippen molar-refractivity contribution in [1.29, 1.82) is 0 Å². The summed E-state index contributed by atoms with van der Waals surface area (Å²) in [6.45, 7) is 2.17. The molecule has 1 aliphatic rings. The zero-order valence-corrected chi connectivity index (χ0v) is 17.8. The van der Waals surface area contributed by atoms with Crippen molar-refractivity contribution in [2.45, 2.75) is 56.9 Å². The molecule has 3 rings (SSSR count). The van der Waals surface area contributed by atoms with Gasteiger partial charge in [-0.25, -0.2) is 4.98 Å². The zero-order chi connectivity index (χ0) is 20.4. The van der Waals surface area contributed by atoms with Crippen LogP contribution in [-0.2, 0) is 4.79 Å². The first-order chi connectivity index (χ1) is 13.3. The van der Waals surface area contributed by atoms with Crippen LogP contribution in [0.25, 0.3) is 10.9 Å². The molecule has 9 heteroatoms. The van der Waals surface area contributed by atoms with Gasteiger partial charge >= 0.3 is 0 Å². The predicted molar refractivity (Wildman–Crippen MR) is 111 cm³/mol. The Morgan fingerprint density at radius 1 is 1.50 bits per heavy atom. The lowest BCUT2D eigenvalue weighted by molar-refractivity contribution is -0.121. The van der Waals surface area contributed by atoms with E-state index >= 15 is 0 Å². The number of carbonyl (C=O) groups excluding carboxylic acids is 1. The molecule has 2 aromatic rings. The third-order valence-corrected chi connectivity index (χ3v) is 6.40. The van der Waals surface area contributed by atoms with Crippen LogP contribution in [0.15, 0.2) is 27.7 Å². The van der Waals surface area contributed by atoms with Crippen LogP contribution in [0.1, 0.15) is 38.6 Å². The summed E-state index contributed by atoms with van der Waals surface area (Å²) in [5, 5.41) is 24.5. The largest absolute Gasteiger partial charge is 0.393 e. The van der Waals surface area contributed by atoms with Crippen molar-refractivity contribution in [2.75, 3.05) is 6.54 Å². The molecule has 0 saturated carbocycles. The molecule has 4 unspecified atom stereocenters. The Bertz CT molecular complexity index is 935. The van der Waals surface area contributed by atoms with Gasteiger partial charge in [-0.2, -0.15) is 0 Å². The fourth-order valence-electron chi connectivity index (χ4n) is 3.65. The van der Waals surface area contributed by atoms with Crippen molar-refractivity contribution < 1.29 is 15.0 Å². The molecule has 0 radical (unpaired) electrons. The van der Waals surface area contributed by atoms with Crippen LogP contribution in [0.3, 0.4) is 0 Å². The second-order valence-corrected chi connectivity index (χ2v) is 8.52. The van der Waals surface area contributed by atoms with Crippen LogP contribution in [0, 0.1) is 0 Å². The lowest BCUT2D eigenvalue weighted by Crippen LogP contribution is -2.47. The summed E-state index contributed by atoms with van der Waals surface area (Å²) in [7, 11) is 0. The monoisotopic (exact) mass is 471 g/mol. The van der Waals surface area contributed by atoms with E-state index in [1.54, 1.807) is 6.07 Å². The third kappa shape index (κ3) is 4.63. The number of halogens is 2. The molecular weight excluding hydrogens is 450 g/mol. The maximum absolute atomic E-state index is 12.9. The smallest absolute Gasteiger partial charge is 0.261 e. The summed E-state index contributed by atoms with van der Waals surface area (Å²) in [5.74, 6) is -0.248. The molecule has 28 heavy (non-hydrogen) atoms. The number of aliphatic hydroxyl groups is 2. The van der Waals surface area contributed by atoms with Crippen LogP contribution in [0.2, 0.25) is 5.02 Å². The third-order valence-electron chi connectivity index (χ3n) is 5.20. The van der Waals surface area contributed by atoms with Gasteiger partial charge in [-0.3, -0.25) is 14.2 Å². The van der Waals surface area contributed by atoms with Gasteiger partial charge in [0.05, 0.1) is 40.5 Å². The molecule has 1 aromatic heterocycles. The molecule has 1 saturated heterocycles. The molecule has 0 aliphatic carbocycles. The Hall–Kier alpha value is -1.32. The van der Waals surface area contributed by atoms with Crippen LogP contribution < -0.4 is 10.9 Å². The molecule has 4 atom stereocenters. The van der Waals surface area contributed by atoms with Crippen molar-refractivity contribution in [2.24, 2.45) is 0 Å². The quantitative estimate of drug-likeness (QED) is 0.595. The Morgan fingerprint density at radius 3 is 2.93 bits per heavy atom. The number of benzene rings is 1. The van der Waals surface area contributed by atoms with Gasteiger partial charge in [0.25, 0.3) is 5.56 Å². The summed E-state index contributed by atoms with van der Waals surface area (Å²) >= 11 is 9.40. The van der Waals surface area contributed by atoms with Crippen molar-refractivity contribution in [3.63, 3.8) is 0 Å². The molecular formula is C19H23BrClN3O4. The number of Topliss-reactive ketones (excluding diaryl/α,β-unsaturated/α-hetero) is 1. The number of hydrogen-bond donors (Lipinski definition) is 3. The second-order valence-electron chi connectivity index (χ2n) is 7.26. The number of aliphatic hydroxyl groups excluding tert-OH is 2. The van der Waals surface area contributed by atoms with Crippen LogP contribution in [-0.4, -0.2) is 50.3 Å². The maximum atomic E-state index is 12.9. The molecule has 2 heterocycles. The van der Waals surface area contributed by atoms with Crippen molar-refractivity contribution in [3.05, 3.63) is 38.3 Å². The van der Waals surface area contributed by atoms with Crippen LogP contribution in [0.5, 0.6) is 0 Å². The molecule has 0 bridgehead atoms. The first-order valence-electron chi connectivity index (χ1n) is 9.23. The molecule has 1 aliphatic heterocycles. The van der Waals surface area contributed by atoms with E-state index in [1.807, 2.05) is 0 Å². The second kappa shape index (κ2) is 9.00. The van der Waals surface area contributed by atoms with E-state index in [2.05, 4.69) is 26.2 Å². The molecule has 1 aromatic carbocycles. The number of fused-ring (bicyclic) bond motifs is 1. The minimum absolute atomic E-state index is 0.0671. The first kappa shape index (κ1) is 21.4. The Labute approximate surface area is 175 Å². The van der Waals surface area contributed by atoms with Crippen LogP contribution in [0.4, 0.5) is 0 Å². The van der Waals surface area contributed by atoms with Gasteiger partial charge in [0.1, 0.15) is 0 Å². The minimum Gasteiger partial charge on any atom is -0.393 e. The number of nitrogens with one attached hydrogen (secondary N) is 1. The Morgan fingerprint density at radius 2 is 2.25 bits per heavy atom. The lowest BCUT2D eigenvalue weighted by atomic mass is 9.93. The van der Waals surface area contributed by atoms with Gasteiger partial charge in [-0.05, 0) is 60.8 Å². The zero-order valence-electron chi connectivity index (χ0n) is 15.4. The summed E-state index contributed by atoms with van der Waals surface area (Å²) < 4.78 is 1.88. The fraction of sp³-hybridized carbons (Fsp3) is 0.526. The molecule has 0 amide bonds. The fourth-order valence-corrected chi connectivity index (χ4v) is 4.15. The number of rotatable bonds is 6. The van der Waals surface area contributed by atoms with Gasteiger partial charge in [-0.15, -0.1) is 0 Å². The predicted octanol–water partition coefficient (Wildman–Crippen LogP) is 2.20. The average Bonchev–Trinajstić information content (AvgIpc) is 2.64. The van der Waals surface area contributed by atoms with E-state index in [0.717, 1.165) is 13.0 Å². The topological polar surface area (TPSA) is 104 Å². The molecule has 0 spiro atoms. The standard InChI is InChI=1S/C19H23BrClN3O4/c1-10(25)17(6-11(26)5-16-18(27)3-2-4-22-16)24-9-23-15-8-13(20)14(21)7-12(15)19(24)28/h7-9,11,16-18,22,26-27H,2-6H2,1H3. The van der Waals surface area contributed by atoms with E-state index in [1.165, 1.54) is 23.9 Å². The molecule has 152 valence electrons. The highest BCUT2D eigenvalue weighted by Gasteiger charge is 2.28. The number of ketones is 1. The maximum Gasteiger partial charge on any atom is 0.261 e. The SMILES string of the molecule is CC(=O)C(CC(O)CC1NCCCC1O)n1cnc2cc(Br)c(Cl)cc2c1=O. The van der Waals surface area contributed by atoms with E-state index < -0.39 is 18.2 Å². The number of hydrogen-bond acceptors (Lipinski definition) is 6. The summed E-state index contributed by atoms with van der Waals surface area (Å²) in [5.41, 5.74) is 0.0810. The van der Waals surface area contributed by atoms with Gasteiger partial charge in [-0.1, -0.05) is 11.6 Å². The Balaban J connectivity index is 1.85. The highest BCUT2D eigenvalue weighted by atomic mass is 79.9. The Kier molecular flexibility index (Phi) is 6.88. The summed E-state index contributed by atoms with van der Waals surface area (Å²) in [6.07, 6.45) is 1.90. The number of aromatic nitrogens is 2. The van der Waals surface area contributed by atoms with E-state index in [4.69, 9.17) is 11.6 Å². The van der Waals surface area contributed by atoms with Gasteiger partial charge < -0.3 is 15.5 Å². The molecule has 3 N–H and O–H groups in total. The van der Waals surface area contributed by atoms with Gasteiger partial charge in [0.15, 0.2) is 5.78 Å². The molecule has 1 fully saturated rings. The van der Waals surface area contributed by atoms with Crippen molar-refractivity contribution in [1.82, 2.24) is 14.9 Å². The first-order valence-corrected chi connectivity index (χ1v) is 10.4. The number of carbonyl (C=O) groups is 1. The number of nitrogens with zero attached hydrogens (tertiary/aromatic N) is 2. The normalized spacial score (nSPS) is 22.2. The average molecular weight is 473 g/mol. The summed E-state index contributed by atoms with van der Waals surface area (Å²) in [4.78, 5) is 29.4. The minimum atomic E-state index is -0.852. The van der Waals surface area contributed by atoms with Crippen molar-refractivity contribution in [3.8, 4) is 0 Å². The van der Waals surface area contributed by atoms with E-state index in [9.17, 15) is 19.8 Å². The molecule has 7 nitrogen and oxygen atoms in total. The van der Waals surface area contributed by atoms with Crippen molar-refractivity contribution >= 4 is 44.2 Å². The van der Waals surface area contributed by atoms with Gasteiger partial charge in [0.2, 0.25) is 0 Å². The summed E-state index contributed by atoms with van der Waals surface area (Å²) in [6, 6.07) is 2.10. The van der Waals surface area contributed by atoms with Crippen LogP contribution >= 0.6 is 27.5 Å². The van der Waals surface area contributed by atoms with E-state index in [0.29, 0.717) is 33.2 Å². The highest BCUT2D eigenvalue weighted by Crippen LogP contribution is 2.26. The van der Waals surface area contributed by atoms with E-state index in [-0.39, 0.29) is 23.8 Å². The number of piperidine rings is 1.